The van der Waals surface area contributed by atoms with Crippen molar-refractivity contribution in [2.24, 2.45) is 0 Å². The van der Waals surface area contributed by atoms with Crippen molar-refractivity contribution in [2.75, 3.05) is 6.54 Å². The first-order valence-electron chi connectivity index (χ1n) is 6.96. The van der Waals surface area contributed by atoms with Crippen LogP contribution in [-0.4, -0.2) is 16.6 Å². The van der Waals surface area contributed by atoms with E-state index in [-0.39, 0.29) is 11.6 Å². The minimum absolute atomic E-state index is 0.224. The molecule has 0 spiro atoms. The maximum absolute atomic E-state index is 13.1. The number of rotatable bonds is 5. The molecule has 1 aromatic heterocycles. The molecule has 0 bridgehead atoms. The van der Waals surface area contributed by atoms with Crippen LogP contribution in [0.1, 0.15) is 11.1 Å². The first kappa shape index (κ1) is 13.6. The summed E-state index contributed by atoms with van der Waals surface area (Å²) in [6.07, 6.45) is 2.80. The molecule has 1 heterocycles. The number of aromatic nitrogens is 1. The third-order valence-electron chi connectivity index (χ3n) is 3.54. The van der Waals surface area contributed by atoms with E-state index in [2.05, 4.69) is 10.3 Å². The molecule has 0 aliphatic heterocycles. The molecule has 21 heavy (non-hydrogen) atoms. The number of benzene rings is 2. The van der Waals surface area contributed by atoms with E-state index in [1.165, 1.54) is 17.7 Å². The highest BCUT2D eigenvalue weighted by Crippen LogP contribution is 2.19. The fraction of sp³-hybridized carbons (Fsp3) is 0.176. The van der Waals surface area contributed by atoms with Gasteiger partial charge in [-0.3, -0.25) is 0 Å². The quantitative estimate of drug-likeness (QED) is 0.629. The Bertz CT molecular complexity index is 751. The number of hydrogen-bond donors (Lipinski definition) is 3. The summed E-state index contributed by atoms with van der Waals surface area (Å²) >= 11 is 0. The van der Waals surface area contributed by atoms with Crippen LogP contribution in [-0.2, 0) is 13.0 Å². The highest BCUT2D eigenvalue weighted by Gasteiger charge is 2.04. The number of phenolic OH excluding ortho intramolecular Hbond substituents is 1. The highest BCUT2D eigenvalue weighted by atomic mass is 19.1. The van der Waals surface area contributed by atoms with Gasteiger partial charge in [0.15, 0.2) is 0 Å². The van der Waals surface area contributed by atoms with Gasteiger partial charge in [0.1, 0.15) is 11.6 Å². The number of hydrogen-bond acceptors (Lipinski definition) is 2. The van der Waals surface area contributed by atoms with Crippen LogP contribution in [0.3, 0.4) is 0 Å². The van der Waals surface area contributed by atoms with Crippen LogP contribution in [0.25, 0.3) is 10.9 Å². The van der Waals surface area contributed by atoms with Crippen LogP contribution >= 0.6 is 0 Å². The number of aromatic hydroxyl groups is 1. The summed E-state index contributed by atoms with van der Waals surface area (Å²) in [4.78, 5) is 3.09. The molecule has 0 radical (unpaired) electrons. The largest absolute Gasteiger partial charge is 0.508 e. The SMILES string of the molecule is Oc1cccc(CNCCc2c[nH]c3cc(F)ccc23)c1. The maximum Gasteiger partial charge on any atom is 0.125 e. The molecule has 3 aromatic rings. The van der Waals surface area contributed by atoms with E-state index < -0.39 is 0 Å². The summed E-state index contributed by atoms with van der Waals surface area (Å²) in [5.74, 6) is 0.0610. The van der Waals surface area contributed by atoms with Crippen LogP contribution in [0.2, 0.25) is 0 Å². The molecule has 3 nitrogen and oxygen atoms in total. The Morgan fingerprint density at radius 1 is 1.14 bits per heavy atom. The summed E-state index contributed by atoms with van der Waals surface area (Å²) in [6, 6.07) is 12.0. The average molecular weight is 284 g/mol. The Hall–Kier alpha value is -2.33. The molecule has 0 aliphatic carbocycles. The van der Waals surface area contributed by atoms with Crippen molar-refractivity contribution < 1.29 is 9.50 Å². The van der Waals surface area contributed by atoms with Crippen molar-refractivity contribution in [2.45, 2.75) is 13.0 Å². The molecule has 0 saturated heterocycles. The monoisotopic (exact) mass is 284 g/mol. The molecule has 0 saturated carbocycles. The van der Waals surface area contributed by atoms with Gasteiger partial charge in [-0.05, 0) is 54.4 Å². The molecule has 3 rings (SSSR count). The van der Waals surface area contributed by atoms with Crippen LogP contribution in [0.15, 0.2) is 48.7 Å². The maximum atomic E-state index is 13.1. The third kappa shape index (κ3) is 3.23. The lowest BCUT2D eigenvalue weighted by atomic mass is 10.1. The van der Waals surface area contributed by atoms with Crippen molar-refractivity contribution >= 4 is 10.9 Å². The Balaban J connectivity index is 1.57. The van der Waals surface area contributed by atoms with Crippen molar-refractivity contribution in [3.63, 3.8) is 0 Å². The second kappa shape index (κ2) is 5.97. The van der Waals surface area contributed by atoms with E-state index in [0.29, 0.717) is 6.54 Å². The van der Waals surface area contributed by atoms with Crippen LogP contribution < -0.4 is 5.32 Å². The summed E-state index contributed by atoms with van der Waals surface area (Å²) in [5, 5.41) is 13.8. The number of phenols is 1. The Kier molecular flexibility index (Phi) is 3.88. The summed E-state index contributed by atoms with van der Waals surface area (Å²) in [6.45, 7) is 1.53. The first-order valence-corrected chi connectivity index (χ1v) is 6.96. The second-order valence-electron chi connectivity index (χ2n) is 5.10. The molecule has 0 fully saturated rings. The summed E-state index contributed by atoms with van der Waals surface area (Å²) in [5.41, 5.74) is 3.06. The van der Waals surface area contributed by atoms with Gasteiger partial charge in [0.05, 0.1) is 0 Å². The molecule has 0 atom stereocenters. The fourth-order valence-electron chi connectivity index (χ4n) is 2.49. The predicted octanol–water partition coefficient (Wildman–Crippen LogP) is 3.34. The van der Waals surface area contributed by atoms with Crippen molar-refractivity contribution in [1.82, 2.24) is 10.3 Å². The van der Waals surface area contributed by atoms with Crippen LogP contribution in [0, 0.1) is 5.82 Å². The van der Waals surface area contributed by atoms with Gasteiger partial charge < -0.3 is 15.4 Å². The molecular weight excluding hydrogens is 267 g/mol. The van der Waals surface area contributed by atoms with Crippen LogP contribution in [0.5, 0.6) is 5.75 Å². The van der Waals surface area contributed by atoms with Crippen molar-refractivity contribution in [3.05, 3.63) is 65.6 Å². The summed E-state index contributed by atoms with van der Waals surface area (Å²) in [7, 11) is 0. The van der Waals surface area contributed by atoms with Gasteiger partial charge in [0.2, 0.25) is 0 Å². The van der Waals surface area contributed by atoms with Crippen LogP contribution in [0.4, 0.5) is 4.39 Å². The number of H-pyrrole nitrogens is 1. The molecule has 2 aromatic carbocycles. The molecule has 0 aliphatic rings. The van der Waals surface area contributed by atoms with Gasteiger partial charge in [-0.25, -0.2) is 4.39 Å². The van der Waals surface area contributed by atoms with E-state index in [1.54, 1.807) is 12.1 Å². The molecule has 4 heteroatoms. The molecule has 3 N–H and O–H groups in total. The first-order chi connectivity index (χ1) is 10.2. The Labute approximate surface area is 122 Å². The highest BCUT2D eigenvalue weighted by molar-refractivity contribution is 5.83. The normalized spacial score (nSPS) is 11.1. The van der Waals surface area contributed by atoms with Gasteiger partial charge in [-0.2, -0.15) is 0 Å². The van der Waals surface area contributed by atoms with Crippen molar-refractivity contribution in [1.29, 1.82) is 0 Å². The zero-order valence-electron chi connectivity index (χ0n) is 11.6. The molecule has 0 amide bonds. The second-order valence-corrected chi connectivity index (χ2v) is 5.10. The van der Waals surface area contributed by atoms with Gasteiger partial charge in [0.25, 0.3) is 0 Å². The number of fused-ring (bicyclic) bond motifs is 1. The Morgan fingerprint density at radius 2 is 2.05 bits per heavy atom. The van der Waals surface area contributed by atoms with E-state index in [0.717, 1.165) is 29.4 Å². The van der Waals surface area contributed by atoms with Crippen molar-refractivity contribution in [3.8, 4) is 5.75 Å². The smallest absolute Gasteiger partial charge is 0.125 e. The zero-order chi connectivity index (χ0) is 14.7. The van der Waals surface area contributed by atoms with E-state index in [9.17, 15) is 9.50 Å². The lowest BCUT2D eigenvalue weighted by Gasteiger charge is -2.05. The lowest BCUT2D eigenvalue weighted by Crippen LogP contribution is -2.16. The molecule has 108 valence electrons. The average Bonchev–Trinajstić information content (AvgIpc) is 2.86. The summed E-state index contributed by atoms with van der Waals surface area (Å²) < 4.78 is 13.1. The predicted molar refractivity (Wildman–Crippen MR) is 81.8 cm³/mol. The topological polar surface area (TPSA) is 48.0 Å². The van der Waals surface area contributed by atoms with E-state index >= 15 is 0 Å². The number of nitrogens with one attached hydrogen (secondary N) is 2. The number of halogens is 1. The molecular formula is C17H17FN2O. The van der Waals surface area contributed by atoms with Gasteiger partial charge >= 0.3 is 0 Å². The number of aromatic amines is 1. The zero-order valence-corrected chi connectivity index (χ0v) is 11.6. The lowest BCUT2D eigenvalue weighted by molar-refractivity contribution is 0.474. The van der Waals surface area contributed by atoms with E-state index in [1.807, 2.05) is 24.4 Å². The molecule has 0 unspecified atom stereocenters. The van der Waals surface area contributed by atoms with Gasteiger partial charge in [-0.1, -0.05) is 12.1 Å². The third-order valence-corrected chi connectivity index (χ3v) is 3.54. The van der Waals surface area contributed by atoms with E-state index in [4.69, 9.17) is 0 Å². The van der Waals surface area contributed by atoms with Gasteiger partial charge in [0, 0.05) is 23.6 Å². The van der Waals surface area contributed by atoms with Gasteiger partial charge in [-0.15, -0.1) is 0 Å². The Morgan fingerprint density at radius 3 is 2.90 bits per heavy atom. The minimum atomic E-state index is -0.224. The standard InChI is InChI=1S/C17H17FN2O/c18-14-4-5-16-13(11-20-17(16)9-14)6-7-19-10-12-2-1-3-15(21)8-12/h1-5,8-9,11,19-21H,6-7,10H2. The fourth-order valence-corrected chi connectivity index (χ4v) is 2.49. The minimum Gasteiger partial charge on any atom is -0.508 e.